The number of anilines is 2. The molecule has 6 nitrogen and oxygen atoms in total. The van der Waals surface area contributed by atoms with Gasteiger partial charge in [0.1, 0.15) is 15.8 Å². The number of sulfonamides is 1. The number of hydrogen-bond donors (Lipinski definition) is 1. The predicted octanol–water partition coefficient (Wildman–Crippen LogP) is 4.96. The van der Waals surface area contributed by atoms with Crippen LogP contribution in [-0.4, -0.2) is 51.5 Å². The van der Waals surface area contributed by atoms with Gasteiger partial charge < -0.3 is 9.80 Å². The minimum absolute atomic E-state index is 0.283. The van der Waals surface area contributed by atoms with Gasteiger partial charge in [0.25, 0.3) is 10.0 Å². The molecule has 2 aromatic carbocycles. The van der Waals surface area contributed by atoms with Crippen molar-refractivity contribution in [1.82, 2.24) is 9.88 Å². The van der Waals surface area contributed by atoms with Crippen LogP contribution < -0.4 is 9.62 Å². The van der Waals surface area contributed by atoms with Gasteiger partial charge in [0.15, 0.2) is 0 Å². The van der Waals surface area contributed by atoms with Crippen molar-refractivity contribution in [3.8, 4) is 0 Å². The second-order valence-electron chi connectivity index (χ2n) is 8.10. The van der Waals surface area contributed by atoms with Gasteiger partial charge in [-0.05, 0) is 54.6 Å². The fourth-order valence-electron chi connectivity index (χ4n) is 4.10. The molecule has 0 bridgehead atoms. The van der Waals surface area contributed by atoms with E-state index in [1.807, 2.05) is 43.3 Å². The van der Waals surface area contributed by atoms with Gasteiger partial charge in [-0.2, -0.15) is 0 Å². The van der Waals surface area contributed by atoms with Crippen LogP contribution >= 0.6 is 22.9 Å². The summed E-state index contributed by atoms with van der Waals surface area (Å²) in [5, 5.41) is 3.41. The molecule has 0 saturated carbocycles. The van der Waals surface area contributed by atoms with Crippen LogP contribution in [0.4, 0.5) is 11.6 Å². The molecular formula is C23H23ClN4O2S2. The minimum atomic E-state index is -3.81. The lowest BCUT2D eigenvalue weighted by Crippen LogP contribution is -2.45. The Balaban J connectivity index is 1.56. The van der Waals surface area contributed by atoms with Crippen LogP contribution in [0.5, 0.6) is 0 Å². The number of halogens is 1. The Bertz CT molecular complexity index is 1430. The lowest BCUT2D eigenvalue weighted by molar-refractivity contribution is 0.312. The Morgan fingerprint density at radius 3 is 2.56 bits per heavy atom. The predicted molar refractivity (Wildman–Crippen MR) is 134 cm³/mol. The number of benzene rings is 2. The van der Waals surface area contributed by atoms with Gasteiger partial charge in [0.05, 0.1) is 0 Å². The molecule has 1 N–H and O–H groups in total. The molecule has 0 aliphatic carbocycles. The van der Waals surface area contributed by atoms with E-state index < -0.39 is 10.0 Å². The number of nitrogens with one attached hydrogen (secondary N) is 1. The highest BCUT2D eigenvalue weighted by Gasteiger charge is 2.24. The molecule has 166 valence electrons. The van der Waals surface area contributed by atoms with Gasteiger partial charge in [0, 0.05) is 41.3 Å². The molecule has 0 radical (unpaired) electrons. The summed E-state index contributed by atoms with van der Waals surface area (Å²) in [6, 6.07) is 15.2. The summed E-state index contributed by atoms with van der Waals surface area (Å²) in [5.41, 5.74) is 0.695. The molecule has 1 saturated heterocycles. The maximum Gasteiger partial charge on any atom is 0.272 e. The highest BCUT2D eigenvalue weighted by Crippen LogP contribution is 2.37. The van der Waals surface area contributed by atoms with Crippen molar-refractivity contribution in [2.45, 2.75) is 11.1 Å². The summed E-state index contributed by atoms with van der Waals surface area (Å²) >= 11 is 7.36. The molecule has 0 spiro atoms. The maximum absolute atomic E-state index is 13.3. The number of hydrogen-bond acceptors (Lipinski definition) is 6. The standard InChI is InChI=1S/C23H23ClN4O2S2/c1-15-19-14-17(24)7-8-20(19)31-23(15)32(29,30)26-21-13-16-5-3-4-6-18(16)22(25-21)28-11-9-27(2)10-12-28/h3-8,13-14H,9-12H2,1-2H3,(H,25,26). The quantitative estimate of drug-likeness (QED) is 0.441. The number of rotatable bonds is 4. The second kappa shape index (κ2) is 8.19. The van der Waals surface area contributed by atoms with E-state index in [1.165, 1.54) is 11.3 Å². The number of aromatic nitrogens is 1. The summed E-state index contributed by atoms with van der Waals surface area (Å²) in [6.07, 6.45) is 0. The molecule has 5 rings (SSSR count). The van der Waals surface area contributed by atoms with E-state index in [0.717, 1.165) is 52.9 Å². The fraction of sp³-hybridized carbons (Fsp3) is 0.261. The smallest absolute Gasteiger partial charge is 0.272 e. The van der Waals surface area contributed by atoms with Gasteiger partial charge in [-0.3, -0.25) is 4.72 Å². The average Bonchev–Trinajstić information content (AvgIpc) is 3.10. The zero-order valence-electron chi connectivity index (χ0n) is 17.8. The van der Waals surface area contributed by atoms with Gasteiger partial charge in [-0.15, -0.1) is 11.3 Å². The summed E-state index contributed by atoms with van der Waals surface area (Å²) in [5.74, 6) is 1.14. The van der Waals surface area contributed by atoms with Crippen LogP contribution in [0.25, 0.3) is 20.9 Å². The van der Waals surface area contributed by atoms with E-state index in [2.05, 4.69) is 21.6 Å². The van der Waals surface area contributed by atoms with E-state index in [1.54, 1.807) is 12.1 Å². The highest BCUT2D eigenvalue weighted by molar-refractivity contribution is 7.94. The third-order valence-electron chi connectivity index (χ3n) is 5.86. The molecule has 4 aromatic rings. The van der Waals surface area contributed by atoms with E-state index in [9.17, 15) is 8.42 Å². The zero-order chi connectivity index (χ0) is 22.5. The van der Waals surface area contributed by atoms with Crippen LogP contribution in [0, 0.1) is 6.92 Å². The maximum atomic E-state index is 13.3. The molecule has 0 amide bonds. The Morgan fingerprint density at radius 1 is 1.03 bits per heavy atom. The molecule has 32 heavy (non-hydrogen) atoms. The van der Waals surface area contributed by atoms with E-state index in [4.69, 9.17) is 16.6 Å². The molecule has 9 heteroatoms. The fourth-order valence-corrected chi connectivity index (χ4v) is 7.01. The zero-order valence-corrected chi connectivity index (χ0v) is 20.2. The number of nitrogens with zero attached hydrogens (tertiary/aromatic N) is 3. The Kier molecular flexibility index (Phi) is 5.49. The highest BCUT2D eigenvalue weighted by atomic mass is 35.5. The first-order chi connectivity index (χ1) is 15.3. The largest absolute Gasteiger partial charge is 0.353 e. The Morgan fingerprint density at radius 2 is 1.78 bits per heavy atom. The van der Waals surface area contributed by atoms with Crippen LogP contribution in [-0.2, 0) is 10.0 Å². The van der Waals surface area contributed by atoms with Crippen LogP contribution in [0.2, 0.25) is 5.02 Å². The van der Waals surface area contributed by atoms with Crippen molar-refractivity contribution in [2.75, 3.05) is 42.8 Å². The van der Waals surface area contributed by atoms with Gasteiger partial charge in [-0.25, -0.2) is 13.4 Å². The van der Waals surface area contributed by atoms with Crippen LogP contribution in [0.3, 0.4) is 0 Å². The SMILES string of the molecule is Cc1c(S(=O)(=O)Nc2cc3ccccc3c(N3CCN(C)CC3)n2)sc2ccc(Cl)cc12. The lowest BCUT2D eigenvalue weighted by Gasteiger charge is -2.34. The number of likely N-dealkylation sites (N-methyl/N-ethyl adjacent to an activating group) is 1. The van der Waals surface area contributed by atoms with Gasteiger partial charge in [-0.1, -0.05) is 35.9 Å². The minimum Gasteiger partial charge on any atom is -0.353 e. The third kappa shape index (κ3) is 3.92. The first kappa shape index (κ1) is 21.5. The molecule has 3 heterocycles. The lowest BCUT2D eigenvalue weighted by atomic mass is 10.1. The van der Waals surface area contributed by atoms with E-state index >= 15 is 0 Å². The van der Waals surface area contributed by atoms with Crippen molar-refractivity contribution in [3.63, 3.8) is 0 Å². The van der Waals surface area contributed by atoms with Gasteiger partial charge in [0.2, 0.25) is 0 Å². The number of piperazine rings is 1. The second-order valence-corrected chi connectivity index (χ2v) is 11.5. The summed E-state index contributed by atoms with van der Waals surface area (Å²) < 4.78 is 30.6. The van der Waals surface area contributed by atoms with Crippen molar-refractivity contribution in [2.24, 2.45) is 0 Å². The third-order valence-corrected chi connectivity index (χ3v) is 9.34. The molecule has 1 aliphatic heterocycles. The van der Waals surface area contributed by atoms with Crippen molar-refractivity contribution < 1.29 is 8.42 Å². The van der Waals surface area contributed by atoms with Crippen molar-refractivity contribution in [1.29, 1.82) is 0 Å². The van der Waals surface area contributed by atoms with Crippen molar-refractivity contribution >= 4 is 65.5 Å². The van der Waals surface area contributed by atoms with E-state index in [-0.39, 0.29) is 4.21 Å². The average molecular weight is 487 g/mol. The van der Waals surface area contributed by atoms with Crippen LogP contribution in [0.1, 0.15) is 5.56 Å². The Hall–Kier alpha value is -2.39. The molecular weight excluding hydrogens is 464 g/mol. The molecule has 1 aliphatic rings. The number of fused-ring (bicyclic) bond motifs is 2. The van der Waals surface area contributed by atoms with Crippen molar-refractivity contribution in [3.05, 3.63) is 59.1 Å². The molecule has 2 aromatic heterocycles. The first-order valence-electron chi connectivity index (χ1n) is 10.4. The number of aryl methyl sites for hydroxylation is 1. The molecule has 0 atom stereocenters. The summed E-state index contributed by atoms with van der Waals surface area (Å²) in [4.78, 5) is 9.27. The number of pyridine rings is 1. The molecule has 0 unspecified atom stereocenters. The van der Waals surface area contributed by atoms with E-state index in [0.29, 0.717) is 16.4 Å². The first-order valence-corrected chi connectivity index (χ1v) is 13.0. The normalized spacial score (nSPS) is 15.5. The van der Waals surface area contributed by atoms with Gasteiger partial charge >= 0.3 is 0 Å². The number of thiophene rings is 1. The monoisotopic (exact) mass is 486 g/mol. The topological polar surface area (TPSA) is 65.5 Å². The summed E-state index contributed by atoms with van der Waals surface area (Å²) in [6.45, 7) is 5.39. The van der Waals surface area contributed by atoms with Crippen LogP contribution in [0.15, 0.2) is 52.7 Å². The summed E-state index contributed by atoms with van der Waals surface area (Å²) in [7, 11) is -1.70. The molecule has 1 fully saturated rings. The Labute approximate surface area is 196 Å².